The molecule has 1 heterocycles. The highest BCUT2D eigenvalue weighted by Crippen LogP contribution is 2.24. The molecule has 2 atom stereocenters. The summed E-state index contributed by atoms with van der Waals surface area (Å²) in [6.07, 6.45) is 0.109. The maximum atomic E-state index is 11.7. The summed E-state index contributed by atoms with van der Waals surface area (Å²) in [6, 6.07) is 0. The number of carboxylic acid groups (broad SMARTS) is 1. The van der Waals surface area contributed by atoms with Gasteiger partial charge in [0.2, 0.25) is 5.91 Å². The highest BCUT2D eigenvalue weighted by atomic mass is 16.5. The van der Waals surface area contributed by atoms with Crippen molar-refractivity contribution in [3.63, 3.8) is 0 Å². The molecule has 0 radical (unpaired) electrons. The van der Waals surface area contributed by atoms with E-state index < -0.39 is 17.5 Å². The summed E-state index contributed by atoms with van der Waals surface area (Å²) in [7, 11) is 0. The molecule has 1 rings (SSSR count). The van der Waals surface area contributed by atoms with Crippen LogP contribution in [0.5, 0.6) is 0 Å². The van der Waals surface area contributed by atoms with Gasteiger partial charge in [0.05, 0.1) is 6.10 Å². The maximum absolute atomic E-state index is 11.7. The van der Waals surface area contributed by atoms with Crippen LogP contribution < -0.4 is 5.32 Å². The molecule has 3 N–H and O–H groups in total. The molecule has 6 heteroatoms. The van der Waals surface area contributed by atoms with E-state index >= 15 is 0 Å². The largest absolute Gasteiger partial charge is 0.478 e. The lowest BCUT2D eigenvalue weighted by atomic mass is 9.96. The number of nitrogens with one attached hydrogen (secondary N) is 1. The van der Waals surface area contributed by atoms with Crippen molar-refractivity contribution < 1.29 is 24.5 Å². The Balaban J connectivity index is 2.62. The van der Waals surface area contributed by atoms with Gasteiger partial charge in [0.15, 0.2) is 0 Å². The highest BCUT2D eigenvalue weighted by Gasteiger charge is 2.39. The van der Waals surface area contributed by atoms with Crippen molar-refractivity contribution in [3.05, 3.63) is 11.1 Å². The fraction of sp³-hybridized carbons (Fsp3) is 0.667. The van der Waals surface area contributed by atoms with Crippen LogP contribution in [0.1, 0.15) is 27.2 Å². The molecular weight excluding hydrogens is 238 g/mol. The molecule has 0 spiro atoms. The quantitative estimate of drug-likeness (QED) is 0.619. The minimum Gasteiger partial charge on any atom is -0.478 e. The van der Waals surface area contributed by atoms with Crippen LogP contribution in [-0.2, 0) is 14.3 Å². The Morgan fingerprint density at radius 3 is 2.44 bits per heavy atom. The molecule has 0 aromatic heterocycles. The zero-order valence-corrected chi connectivity index (χ0v) is 10.8. The fourth-order valence-electron chi connectivity index (χ4n) is 1.70. The molecular formula is C12H19NO5. The Morgan fingerprint density at radius 2 is 2.00 bits per heavy atom. The summed E-state index contributed by atoms with van der Waals surface area (Å²) >= 11 is 0. The summed E-state index contributed by atoms with van der Waals surface area (Å²) in [5.41, 5.74) is -0.944. The number of carbonyl (C=O) groups is 2. The molecule has 1 saturated heterocycles. The summed E-state index contributed by atoms with van der Waals surface area (Å²) in [6.45, 7) is 5.06. The topological polar surface area (TPSA) is 95.9 Å². The Morgan fingerprint density at radius 1 is 1.39 bits per heavy atom. The van der Waals surface area contributed by atoms with Crippen molar-refractivity contribution in [3.8, 4) is 0 Å². The number of ether oxygens (including phenoxy) is 1. The third-order valence-corrected chi connectivity index (χ3v) is 3.44. The first-order chi connectivity index (χ1) is 8.28. The second-order valence-corrected chi connectivity index (χ2v) is 4.60. The van der Waals surface area contributed by atoms with Crippen LogP contribution in [0, 0.1) is 0 Å². The van der Waals surface area contributed by atoms with Crippen LogP contribution in [0.25, 0.3) is 0 Å². The standard InChI is InChI=1S/C12H19NO5/c1-7(8(2)11(15)16)10(14)13-6-12(17)4-5-18-9(12)3/h9,17H,4-6H2,1-3H3,(H,13,14)(H,15,16). The van der Waals surface area contributed by atoms with Gasteiger partial charge in [-0.25, -0.2) is 4.79 Å². The number of aliphatic hydroxyl groups is 1. The number of rotatable bonds is 4. The monoisotopic (exact) mass is 257 g/mol. The van der Waals surface area contributed by atoms with E-state index in [1.54, 1.807) is 6.92 Å². The van der Waals surface area contributed by atoms with E-state index in [2.05, 4.69) is 5.32 Å². The summed E-state index contributed by atoms with van der Waals surface area (Å²) in [4.78, 5) is 22.4. The van der Waals surface area contributed by atoms with Crippen LogP contribution in [-0.4, -0.2) is 46.9 Å². The first-order valence-electron chi connectivity index (χ1n) is 5.81. The van der Waals surface area contributed by atoms with Crippen LogP contribution in [0.4, 0.5) is 0 Å². The average Bonchev–Trinajstić information content (AvgIpc) is 2.65. The van der Waals surface area contributed by atoms with E-state index in [4.69, 9.17) is 9.84 Å². The fourth-order valence-corrected chi connectivity index (χ4v) is 1.70. The molecule has 102 valence electrons. The van der Waals surface area contributed by atoms with Crippen LogP contribution in [0.3, 0.4) is 0 Å². The Hall–Kier alpha value is -1.40. The zero-order chi connectivity index (χ0) is 13.9. The molecule has 1 aliphatic heterocycles. The molecule has 0 aromatic rings. The van der Waals surface area contributed by atoms with Crippen molar-refractivity contribution >= 4 is 11.9 Å². The number of aliphatic carboxylic acids is 1. The van der Waals surface area contributed by atoms with Gasteiger partial charge in [0.25, 0.3) is 0 Å². The number of carbonyl (C=O) groups excluding carboxylic acids is 1. The van der Waals surface area contributed by atoms with E-state index in [1.807, 2.05) is 0 Å². The van der Waals surface area contributed by atoms with Gasteiger partial charge >= 0.3 is 5.97 Å². The second-order valence-electron chi connectivity index (χ2n) is 4.60. The lowest BCUT2D eigenvalue weighted by Crippen LogP contribution is -2.47. The van der Waals surface area contributed by atoms with Crippen molar-refractivity contribution in [2.45, 2.75) is 38.9 Å². The minimum atomic E-state index is -1.13. The van der Waals surface area contributed by atoms with Gasteiger partial charge in [-0.15, -0.1) is 0 Å². The Kier molecular flexibility index (Phi) is 4.48. The number of hydrogen-bond acceptors (Lipinski definition) is 4. The van der Waals surface area contributed by atoms with Gasteiger partial charge in [-0.3, -0.25) is 4.79 Å². The molecule has 1 amide bonds. The average molecular weight is 257 g/mol. The highest BCUT2D eigenvalue weighted by molar-refractivity contribution is 6.01. The first kappa shape index (κ1) is 14.7. The molecule has 2 unspecified atom stereocenters. The van der Waals surface area contributed by atoms with E-state index in [0.29, 0.717) is 13.0 Å². The predicted molar refractivity (Wildman–Crippen MR) is 64.0 cm³/mol. The minimum absolute atomic E-state index is 0.00443. The lowest BCUT2D eigenvalue weighted by Gasteiger charge is -2.26. The third-order valence-electron chi connectivity index (χ3n) is 3.44. The number of hydrogen-bond donors (Lipinski definition) is 3. The number of amides is 1. The molecule has 6 nitrogen and oxygen atoms in total. The second kappa shape index (κ2) is 5.49. The van der Waals surface area contributed by atoms with Crippen molar-refractivity contribution in [2.75, 3.05) is 13.2 Å². The van der Waals surface area contributed by atoms with Crippen molar-refractivity contribution in [1.29, 1.82) is 0 Å². The van der Waals surface area contributed by atoms with Gasteiger partial charge < -0.3 is 20.3 Å². The van der Waals surface area contributed by atoms with E-state index in [0.717, 1.165) is 0 Å². The van der Waals surface area contributed by atoms with Gasteiger partial charge in [-0.2, -0.15) is 0 Å². The van der Waals surface area contributed by atoms with Gasteiger partial charge in [-0.1, -0.05) is 0 Å². The number of carboxylic acids is 1. The predicted octanol–water partition coefficient (Wildman–Crippen LogP) is 0.0635. The molecule has 0 aliphatic carbocycles. The Labute approximate surface area is 106 Å². The molecule has 1 fully saturated rings. The molecule has 0 saturated carbocycles. The lowest BCUT2D eigenvalue weighted by molar-refractivity contribution is -0.133. The molecule has 18 heavy (non-hydrogen) atoms. The molecule has 0 bridgehead atoms. The van der Waals surface area contributed by atoms with Crippen molar-refractivity contribution in [2.24, 2.45) is 0 Å². The van der Waals surface area contributed by atoms with Gasteiger partial charge in [0.1, 0.15) is 5.60 Å². The zero-order valence-electron chi connectivity index (χ0n) is 10.8. The summed E-state index contributed by atoms with van der Waals surface area (Å²) in [5.74, 6) is -1.61. The van der Waals surface area contributed by atoms with Crippen LogP contribution >= 0.6 is 0 Å². The van der Waals surface area contributed by atoms with Gasteiger partial charge in [0, 0.05) is 30.7 Å². The summed E-state index contributed by atoms with van der Waals surface area (Å²) < 4.78 is 5.24. The SMILES string of the molecule is CC(C(=O)O)=C(C)C(=O)NCC1(O)CCOC1C. The van der Waals surface area contributed by atoms with E-state index in [9.17, 15) is 14.7 Å². The summed E-state index contributed by atoms with van der Waals surface area (Å²) in [5, 5.41) is 21.5. The smallest absolute Gasteiger partial charge is 0.331 e. The molecule has 0 aromatic carbocycles. The normalized spacial score (nSPS) is 28.8. The van der Waals surface area contributed by atoms with Gasteiger partial charge in [-0.05, 0) is 20.8 Å². The third kappa shape index (κ3) is 3.08. The van der Waals surface area contributed by atoms with Crippen LogP contribution in [0.2, 0.25) is 0 Å². The Bertz CT molecular complexity index is 390. The van der Waals surface area contributed by atoms with E-state index in [1.165, 1.54) is 13.8 Å². The molecule has 1 aliphatic rings. The maximum Gasteiger partial charge on any atom is 0.331 e. The van der Waals surface area contributed by atoms with Crippen LogP contribution in [0.15, 0.2) is 11.1 Å². The van der Waals surface area contributed by atoms with E-state index in [-0.39, 0.29) is 23.8 Å². The first-order valence-corrected chi connectivity index (χ1v) is 5.81. The van der Waals surface area contributed by atoms with Crippen molar-refractivity contribution in [1.82, 2.24) is 5.32 Å².